The van der Waals surface area contributed by atoms with E-state index in [9.17, 15) is 19.1 Å². The summed E-state index contributed by atoms with van der Waals surface area (Å²) < 4.78 is 14.2. The number of aromatic nitrogens is 3. The van der Waals surface area contributed by atoms with Gasteiger partial charge < -0.3 is 10.2 Å². The first-order valence-corrected chi connectivity index (χ1v) is 10.9. The second kappa shape index (κ2) is 10.2. The number of aliphatic hydroxyl groups excluding tert-OH is 1. The maximum absolute atomic E-state index is 14.2. The lowest BCUT2D eigenvalue weighted by Gasteiger charge is -2.24. The Balaban J connectivity index is 1.54. The number of amides is 1. The van der Waals surface area contributed by atoms with Gasteiger partial charge in [-0.3, -0.25) is 15.3 Å². The van der Waals surface area contributed by atoms with Crippen molar-refractivity contribution in [1.82, 2.24) is 25.8 Å². The molecule has 11 heteroatoms. The van der Waals surface area contributed by atoms with E-state index < -0.39 is 23.8 Å². The van der Waals surface area contributed by atoms with E-state index >= 15 is 0 Å². The predicted molar refractivity (Wildman–Crippen MR) is 127 cm³/mol. The van der Waals surface area contributed by atoms with Crippen molar-refractivity contribution in [3.63, 3.8) is 0 Å². The van der Waals surface area contributed by atoms with E-state index in [2.05, 4.69) is 20.8 Å². The Morgan fingerprint density at radius 1 is 1.17 bits per heavy atom. The van der Waals surface area contributed by atoms with E-state index in [1.807, 2.05) is 0 Å². The molecule has 4 aromatic rings. The first kappa shape index (κ1) is 24.3. The number of rotatable bonds is 8. The molecule has 1 unspecified atom stereocenters. The summed E-state index contributed by atoms with van der Waals surface area (Å²) in [5.74, 6) is -2.34. The number of hydrogen-bond donors (Lipinski definition) is 4. The number of carboxylic acid groups (broad SMARTS) is 1. The lowest BCUT2D eigenvalue weighted by Crippen LogP contribution is -2.47. The van der Waals surface area contributed by atoms with Crippen LogP contribution in [-0.2, 0) is 11.3 Å². The van der Waals surface area contributed by atoms with E-state index in [0.717, 1.165) is 5.56 Å². The van der Waals surface area contributed by atoms with E-state index in [1.165, 1.54) is 23.2 Å². The van der Waals surface area contributed by atoms with Gasteiger partial charge in [-0.25, -0.2) is 14.2 Å². The van der Waals surface area contributed by atoms with Crippen LogP contribution in [-0.4, -0.2) is 55.2 Å². The van der Waals surface area contributed by atoms with Gasteiger partial charge >= 0.3 is 5.97 Å². The molecule has 180 valence electrons. The Labute approximate surface area is 204 Å². The fourth-order valence-electron chi connectivity index (χ4n) is 3.63. The van der Waals surface area contributed by atoms with Gasteiger partial charge in [-0.15, -0.1) is 5.10 Å². The molecule has 0 saturated heterocycles. The second-order valence-corrected chi connectivity index (χ2v) is 8.43. The van der Waals surface area contributed by atoms with Gasteiger partial charge in [0.1, 0.15) is 11.3 Å². The minimum atomic E-state index is -1.73. The maximum Gasteiger partial charge on any atom is 0.333 e. The zero-order valence-electron chi connectivity index (χ0n) is 18.5. The topological polar surface area (TPSA) is 131 Å². The summed E-state index contributed by atoms with van der Waals surface area (Å²) in [4.78, 5) is 24.1. The number of nitrogens with zero attached hydrogens (tertiary/aromatic N) is 3. The molecule has 1 amide bonds. The van der Waals surface area contributed by atoms with Crippen LogP contribution in [0.25, 0.3) is 22.2 Å². The summed E-state index contributed by atoms with van der Waals surface area (Å²) in [6, 6.07) is 14.3. The molecule has 1 aromatic heterocycles. The molecule has 0 aliphatic heterocycles. The Bertz CT molecular complexity index is 1390. The zero-order chi connectivity index (χ0) is 25.1. The van der Waals surface area contributed by atoms with Gasteiger partial charge in [-0.1, -0.05) is 41.1 Å². The van der Waals surface area contributed by atoms with Crippen molar-refractivity contribution in [3.8, 4) is 11.1 Å². The number of carbonyl (C=O) groups is 2. The Hall–Kier alpha value is -3.86. The van der Waals surface area contributed by atoms with E-state index in [1.54, 1.807) is 43.3 Å². The third-order valence-corrected chi connectivity index (χ3v) is 5.62. The summed E-state index contributed by atoms with van der Waals surface area (Å²) in [6.45, 7) is 1.51. The number of aromatic amines is 1. The smallest absolute Gasteiger partial charge is 0.333 e. The van der Waals surface area contributed by atoms with E-state index in [0.29, 0.717) is 38.3 Å². The van der Waals surface area contributed by atoms with Crippen LogP contribution in [0.15, 0.2) is 54.6 Å². The molecule has 9 nitrogen and oxygen atoms in total. The number of benzene rings is 3. The van der Waals surface area contributed by atoms with Gasteiger partial charge in [0.25, 0.3) is 5.91 Å². The van der Waals surface area contributed by atoms with Gasteiger partial charge in [0.2, 0.25) is 0 Å². The van der Waals surface area contributed by atoms with Crippen LogP contribution >= 0.6 is 11.6 Å². The number of H-pyrrole nitrogens is 1. The van der Waals surface area contributed by atoms with Crippen LogP contribution in [0.1, 0.15) is 21.5 Å². The number of halogens is 2. The van der Waals surface area contributed by atoms with Gasteiger partial charge in [0, 0.05) is 22.7 Å². The molecule has 1 atom stereocenters. The highest BCUT2D eigenvalue weighted by Crippen LogP contribution is 2.26. The minimum Gasteiger partial charge on any atom is -0.479 e. The molecule has 0 radical (unpaired) electrons. The lowest BCUT2D eigenvalue weighted by atomic mass is 10.0. The second-order valence-electron chi connectivity index (χ2n) is 8.00. The Morgan fingerprint density at radius 2 is 1.91 bits per heavy atom. The number of hydrogen-bond acceptors (Lipinski definition) is 6. The summed E-state index contributed by atoms with van der Waals surface area (Å²) in [6.07, 6.45) is -1.73. The van der Waals surface area contributed by atoms with Crippen molar-refractivity contribution in [2.75, 3.05) is 6.54 Å². The molecular weight excluding hydrogens is 477 g/mol. The van der Waals surface area contributed by atoms with Gasteiger partial charge in [0.15, 0.2) is 6.10 Å². The fraction of sp³-hybridized carbons (Fsp3) is 0.167. The molecule has 0 fully saturated rings. The summed E-state index contributed by atoms with van der Waals surface area (Å²) in [7, 11) is 0. The third kappa shape index (κ3) is 5.62. The molecule has 3 aromatic carbocycles. The minimum absolute atomic E-state index is 0.0846. The fourth-order valence-corrected chi connectivity index (χ4v) is 3.80. The van der Waals surface area contributed by atoms with Crippen molar-refractivity contribution in [2.45, 2.75) is 19.6 Å². The average molecular weight is 498 g/mol. The quantitative estimate of drug-likeness (QED) is 0.275. The molecule has 0 spiro atoms. The van der Waals surface area contributed by atoms with Crippen LogP contribution in [0.2, 0.25) is 5.02 Å². The Kier molecular flexibility index (Phi) is 7.06. The number of hydrazine groups is 1. The number of aliphatic carboxylic acids is 1. The highest BCUT2D eigenvalue weighted by molar-refractivity contribution is 6.30. The first-order valence-electron chi connectivity index (χ1n) is 10.5. The molecule has 4 N–H and O–H groups in total. The van der Waals surface area contributed by atoms with Crippen molar-refractivity contribution in [1.29, 1.82) is 0 Å². The predicted octanol–water partition coefficient (Wildman–Crippen LogP) is 3.32. The number of nitrogens with one attached hydrogen (secondary N) is 2. The summed E-state index contributed by atoms with van der Waals surface area (Å²) >= 11 is 5.98. The molecular formula is C24H21ClFN5O4. The normalized spacial score (nSPS) is 12.1. The van der Waals surface area contributed by atoms with Crippen molar-refractivity contribution in [3.05, 3.63) is 82.1 Å². The molecule has 0 saturated carbocycles. The van der Waals surface area contributed by atoms with Crippen LogP contribution in [0, 0.1) is 12.7 Å². The molecule has 1 heterocycles. The van der Waals surface area contributed by atoms with E-state index in [4.69, 9.17) is 16.7 Å². The average Bonchev–Trinajstić information content (AvgIpc) is 3.30. The summed E-state index contributed by atoms with van der Waals surface area (Å²) in [5, 5.41) is 31.1. The van der Waals surface area contributed by atoms with Crippen LogP contribution in [0.4, 0.5) is 4.39 Å². The van der Waals surface area contributed by atoms with Gasteiger partial charge in [-0.2, -0.15) is 0 Å². The molecule has 0 aliphatic carbocycles. The van der Waals surface area contributed by atoms with Gasteiger partial charge in [-0.05, 0) is 53.9 Å². The number of carboxylic acids is 1. The molecule has 0 aliphatic rings. The Morgan fingerprint density at radius 3 is 2.63 bits per heavy atom. The number of fused-ring (bicyclic) bond motifs is 1. The van der Waals surface area contributed by atoms with Crippen molar-refractivity contribution in [2.24, 2.45) is 0 Å². The number of carbonyl (C=O) groups excluding carboxylic acids is 1. The van der Waals surface area contributed by atoms with Crippen molar-refractivity contribution < 1.29 is 24.2 Å². The molecule has 35 heavy (non-hydrogen) atoms. The number of aryl methyl sites for hydroxylation is 1. The standard InChI is InChI=1S/C24H21ClFN5O4/c1-13-8-16(9-20-22(13)28-30-27-20)23(33)29-31(12-21(32)24(34)35)11-14-2-4-15(5-3-14)18-10-17(25)6-7-19(18)26/h2-10,21,32H,11-12H2,1H3,(H,29,33)(H,34,35)(H,27,28,30). The SMILES string of the molecule is Cc1cc(C(=O)NN(Cc2ccc(-c3cc(Cl)ccc3F)cc2)CC(O)C(=O)O)cc2[nH]nnc12. The highest BCUT2D eigenvalue weighted by Gasteiger charge is 2.21. The maximum atomic E-state index is 14.2. The first-order chi connectivity index (χ1) is 16.7. The summed E-state index contributed by atoms with van der Waals surface area (Å²) in [5.41, 5.74) is 6.55. The van der Waals surface area contributed by atoms with Gasteiger partial charge in [0.05, 0.1) is 12.1 Å². The van der Waals surface area contributed by atoms with Crippen LogP contribution in [0.3, 0.4) is 0 Å². The third-order valence-electron chi connectivity index (χ3n) is 5.39. The lowest BCUT2D eigenvalue weighted by molar-refractivity contribution is -0.148. The van der Waals surface area contributed by atoms with Crippen LogP contribution < -0.4 is 5.43 Å². The zero-order valence-corrected chi connectivity index (χ0v) is 19.3. The van der Waals surface area contributed by atoms with Crippen LogP contribution in [0.5, 0.6) is 0 Å². The monoisotopic (exact) mass is 497 g/mol. The van der Waals surface area contributed by atoms with Crippen molar-refractivity contribution >= 4 is 34.5 Å². The van der Waals surface area contributed by atoms with E-state index in [-0.39, 0.29) is 13.1 Å². The highest BCUT2D eigenvalue weighted by atomic mass is 35.5. The molecule has 0 bridgehead atoms. The largest absolute Gasteiger partial charge is 0.479 e. The molecule has 4 rings (SSSR count). The number of aliphatic hydroxyl groups is 1.